The summed E-state index contributed by atoms with van der Waals surface area (Å²) in [5.41, 5.74) is 1.30. The van der Waals surface area contributed by atoms with Crippen LogP contribution in [0.4, 0.5) is 0 Å². The standard InChI is InChI=1S/C11H11N/c1-2-11(6-3-7-11)10-4-8-12-9-5-10/h1,4-5,8-9H,3,6-7H2. The van der Waals surface area contributed by atoms with Gasteiger partial charge in [0.15, 0.2) is 0 Å². The minimum absolute atomic E-state index is 0.0446. The van der Waals surface area contributed by atoms with E-state index >= 15 is 0 Å². The Morgan fingerprint density at radius 2 is 2.00 bits per heavy atom. The van der Waals surface area contributed by atoms with Gasteiger partial charge in [-0.05, 0) is 37.0 Å². The highest BCUT2D eigenvalue weighted by molar-refractivity contribution is 5.35. The van der Waals surface area contributed by atoms with E-state index in [0.29, 0.717) is 0 Å². The number of hydrogen-bond donors (Lipinski definition) is 0. The molecule has 0 atom stereocenters. The molecule has 1 nitrogen and oxygen atoms in total. The normalized spacial score (nSPS) is 19.2. The second kappa shape index (κ2) is 2.64. The number of nitrogens with zero attached hydrogens (tertiary/aromatic N) is 1. The zero-order valence-electron chi connectivity index (χ0n) is 6.96. The van der Waals surface area contributed by atoms with Crippen LogP contribution in [-0.2, 0) is 5.41 Å². The van der Waals surface area contributed by atoms with Crippen LogP contribution in [0, 0.1) is 12.3 Å². The summed E-state index contributed by atoms with van der Waals surface area (Å²) in [4.78, 5) is 3.98. The van der Waals surface area contributed by atoms with Crippen LogP contribution in [0.15, 0.2) is 24.5 Å². The van der Waals surface area contributed by atoms with Crippen LogP contribution in [0.5, 0.6) is 0 Å². The molecular weight excluding hydrogens is 146 g/mol. The number of pyridine rings is 1. The van der Waals surface area contributed by atoms with Crippen LogP contribution in [0.1, 0.15) is 24.8 Å². The Labute approximate surface area is 72.8 Å². The fraction of sp³-hybridized carbons (Fsp3) is 0.364. The summed E-state index contributed by atoms with van der Waals surface area (Å²) in [6.45, 7) is 0. The maximum absolute atomic E-state index is 5.53. The van der Waals surface area contributed by atoms with Crippen molar-refractivity contribution >= 4 is 0 Å². The van der Waals surface area contributed by atoms with Gasteiger partial charge < -0.3 is 0 Å². The van der Waals surface area contributed by atoms with Gasteiger partial charge in [0, 0.05) is 12.4 Å². The molecule has 1 fully saturated rings. The maximum Gasteiger partial charge on any atom is 0.0561 e. The van der Waals surface area contributed by atoms with E-state index in [2.05, 4.69) is 10.9 Å². The molecule has 0 aromatic carbocycles. The lowest BCUT2D eigenvalue weighted by molar-refractivity contribution is 0.328. The van der Waals surface area contributed by atoms with E-state index in [4.69, 9.17) is 6.42 Å². The van der Waals surface area contributed by atoms with Gasteiger partial charge in [0.1, 0.15) is 0 Å². The van der Waals surface area contributed by atoms with Crippen molar-refractivity contribution in [3.8, 4) is 12.3 Å². The van der Waals surface area contributed by atoms with E-state index in [1.54, 1.807) is 0 Å². The Hall–Kier alpha value is -1.29. The van der Waals surface area contributed by atoms with Crippen molar-refractivity contribution in [2.75, 3.05) is 0 Å². The van der Waals surface area contributed by atoms with Crippen molar-refractivity contribution in [3.05, 3.63) is 30.1 Å². The molecule has 1 aromatic rings. The molecule has 2 rings (SSSR count). The second-order valence-electron chi connectivity index (χ2n) is 3.32. The van der Waals surface area contributed by atoms with Crippen LogP contribution in [0.25, 0.3) is 0 Å². The molecular formula is C11H11N. The minimum atomic E-state index is 0.0446. The van der Waals surface area contributed by atoms with Gasteiger partial charge in [0.25, 0.3) is 0 Å². The topological polar surface area (TPSA) is 12.9 Å². The zero-order chi connectivity index (χ0) is 8.44. The lowest BCUT2D eigenvalue weighted by Gasteiger charge is -2.37. The molecule has 0 unspecified atom stereocenters. The summed E-state index contributed by atoms with van der Waals surface area (Å²) in [6.07, 6.45) is 12.7. The summed E-state index contributed by atoms with van der Waals surface area (Å²) in [5, 5.41) is 0. The van der Waals surface area contributed by atoms with Gasteiger partial charge >= 0.3 is 0 Å². The average Bonchev–Trinajstić information content (AvgIpc) is 2.05. The van der Waals surface area contributed by atoms with Gasteiger partial charge in [-0.3, -0.25) is 4.98 Å². The second-order valence-corrected chi connectivity index (χ2v) is 3.32. The Balaban J connectivity index is 2.36. The lowest BCUT2D eigenvalue weighted by Crippen LogP contribution is -2.32. The Morgan fingerprint density at radius 3 is 2.42 bits per heavy atom. The van der Waals surface area contributed by atoms with Crippen LogP contribution >= 0.6 is 0 Å². The van der Waals surface area contributed by atoms with Gasteiger partial charge in [0.05, 0.1) is 5.41 Å². The number of aromatic nitrogens is 1. The van der Waals surface area contributed by atoms with Crippen LogP contribution in [0.2, 0.25) is 0 Å². The third-order valence-corrected chi connectivity index (χ3v) is 2.72. The van der Waals surface area contributed by atoms with E-state index in [1.165, 1.54) is 12.0 Å². The predicted octanol–water partition coefficient (Wildman–Crippen LogP) is 2.14. The Bertz CT molecular complexity index is 304. The smallest absolute Gasteiger partial charge is 0.0561 e. The summed E-state index contributed by atoms with van der Waals surface area (Å²) in [6, 6.07) is 4.05. The first kappa shape index (κ1) is 7.36. The van der Waals surface area contributed by atoms with Crippen molar-refractivity contribution < 1.29 is 0 Å². The van der Waals surface area contributed by atoms with Gasteiger partial charge in [0.2, 0.25) is 0 Å². The molecule has 1 aliphatic carbocycles. The quantitative estimate of drug-likeness (QED) is 0.569. The highest BCUT2D eigenvalue weighted by atomic mass is 14.6. The number of rotatable bonds is 1. The first-order chi connectivity index (χ1) is 5.87. The molecule has 0 spiro atoms. The van der Waals surface area contributed by atoms with Crippen molar-refractivity contribution in [2.24, 2.45) is 0 Å². The fourth-order valence-electron chi connectivity index (χ4n) is 1.72. The molecule has 0 radical (unpaired) electrons. The Kier molecular flexibility index (Phi) is 1.62. The Morgan fingerprint density at radius 1 is 1.33 bits per heavy atom. The predicted molar refractivity (Wildman–Crippen MR) is 48.6 cm³/mol. The number of hydrogen-bond acceptors (Lipinski definition) is 1. The first-order valence-corrected chi connectivity index (χ1v) is 4.26. The highest BCUT2D eigenvalue weighted by Crippen LogP contribution is 2.42. The molecule has 60 valence electrons. The highest BCUT2D eigenvalue weighted by Gasteiger charge is 2.36. The van der Waals surface area contributed by atoms with Crippen molar-refractivity contribution in [1.29, 1.82) is 0 Å². The van der Waals surface area contributed by atoms with Crippen molar-refractivity contribution in [3.63, 3.8) is 0 Å². The van der Waals surface area contributed by atoms with Crippen LogP contribution in [-0.4, -0.2) is 4.98 Å². The average molecular weight is 157 g/mol. The van der Waals surface area contributed by atoms with Gasteiger partial charge in [-0.1, -0.05) is 5.92 Å². The molecule has 1 heterocycles. The summed E-state index contributed by atoms with van der Waals surface area (Å²) in [5.74, 6) is 2.90. The largest absolute Gasteiger partial charge is 0.265 e. The van der Waals surface area contributed by atoms with E-state index < -0.39 is 0 Å². The summed E-state index contributed by atoms with van der Waals surface area (Å²) in [7, 11) is 0. The molecule has 0 bridgehead atoms. The fourth-order valence-corrected chi connectivity index (χ4v) is 1.72. The van der Waals surface area contributed by atoms with Crippen LogP contribution < -0.4 is 0 Å². The monoisotopic (exact) mass is 157 g/mol. The van der Waals surface area contributed by atoms with Crippen LogP contribution in [0.3, 0.4) is 0 Å². The molecule has 1 aliphatic rings. The molecule has 0 N–H and O–H groups in total. The molecule has 12 heavy (non-hydrogen) atoms. The van der Waals surface area contributed by atoms with Gasteiger partial charge in [-0.15, -0.1) is 6.42 Å². The SMILES string of the molecule is C#CC1(c2ccncc2)CCC1. The minimum Gasteiger partial charge on any atom is -0.265 e. The van der Waals surface area contributed by atoms with Crippen molar-refractivity contribution in [1.82, 2.24) is 4.98 Å². The summed E-state index contributed by atoms with van der Waals surface area (Å²) >= 11 is 0. The van der Waals surface area contributed by atoms with E-state index in [-0.39, 0.29) is 5.41 Å². The molecule has 0 amide bonds. The van der Waals surface area contributed by atoms with Gasteiger partial charge in [-0.25, -0.2) is 0 Å². The first-order valence-electron chi connectivity index (χ1n) is 4.26. The lowest BCUT2D eigenvalue weighted by atomic mass is 9.65. The molecule has 0 aliphatic heterocycles. The zero-order valence-corrected chi connectivity index (χ0v) is 6.96. The van der Waals surface area contributed by atoms with E-state index in [9.17, 15) is 0 Å². The molecule has 1 saturated carbocycles. The molecule has 1 aromatic heterocycles. The molecule has 0 saturated heterocycles. The van der Waals surface area contributed by atoms with E-state index in [1.807, 2.05) is 24.5 Å². The van der Waals surface area contributed by atoms with E-state index in [0.717, 1.165) is 12.8 Å². The third kappa shape index (κ3) is 0.921. The third-order valence-electron chi connectivity index (χ3n) is 2.72. The number of terminal acetylenes is 1. The van der Waals surface area contributed by atoms with Gasteiger partial charge in [-0.2, -0.15) is 0 Å². The van der Waals surface area contributed by atoms with Crippen molar-refractivity contribution in [2.45, 2.75) is 24.7 Å². The molecule has 1 heteroatoms. The summed E-state index contributed by atoms with van der Waals surface area (Å²) < 4.78 is 0. The maximum atomic E-state index is 5.53.